The molecule has 18 heavy (non-hydrogen) atoms. The molecule has 0 heterocycles. The third kappa shape index (κ3) is 2.66. The van der Waals surface area contributed by atoms with Crippen molar-refractivity contribution in [3.63, 3.8) is 0 Å². The van der Waals surface area contributed by atoms with Crippen molar-refractivity contribution in [2.24, 2.45) is 0 Å². The van der Waals surface area contributed by atoms with Crippen LogP contribution in [0, 0.1) is 23.0 Å². The zero-order chi connectivity index (χ0) is 13.1. The average Bonchev–Trinajstić information content (AvgIpc) is 2.35. The van der Waals surface area contributed by atoms with E-state index in [0.717, 1.165) is 6.07 Å². The molecular formula is C13H6BrF2NO. The second kappa shape index (κ2) is 5.15. The van der Waals surface area contributed by atoms with E-state index in [4.69, 9.17) is 10.00 Å². The smallest absolute Gasteiger partial charge is 0.201 e. The van der Waals surface area contributed by atoms with Crippen LogP contribution < -0.4 is 4.74 Å². The number of hydrogen-bond acceptors (Lipinski definition) is 2. The summed E-state index contributed by atoms with van der Waals surface area (Å²) in [5, 5.41) is 8.72. The number of rotatable bonds is 2. The lowest BCUT2D eigenvalue weighted by molar-refractivity contribution is 0.415. The summed E-state index contributed by atoms with van der Waals surface area (Å²) in [5.74, 6) is -2.04. The Labute approximate surface area is 111 Å². The largest absolute Gasteiger partial charge is 0.454 e. The van der Waals surface area contributed by atoms with Crippen LogP contribution >= 0.6 is 15.9 Å². The highest BCUT2D eigenvalue weighted by atomic mass is 79.9. The predicted octanol–water partition coefficient (Wildman–Crippen LogP) is 4.39. The summed E-state index contributed by atoms with van der Waals surface area (Å²) in [6.07, 6.45) is 0. The summed E-state index contributed by atoms with van der Waals surface area (Å²) in [6.45, 7) is 0. The van der Waals surface area contributed by atoms with Gasteiger partial charge in [-0.1, -0.05) is 22.0 Å². The molecule has 0 fully saturated rings. The van der Waals surface area contributed by atoms with Gasteiger partial charge in [-0.25, -0.2) is 4.39 Å². The Bertz CT molecular complexity index is 637. The van der Waals surface area contributed by atoms with Gasteiger partial charge in [-0.3, -0.25) is 0 Å². The molecule has 2 aromatic rings. The van der Waals surface area contributed by atoms with Crippen molar-refractivity contribution in [1.29, 1.82) is 5.26 Å². The van der Waals surface area contributed by atoms with E-state index in [9.17, 15) is 8.78 Å². The van der Waals surface area contributed by atoms with E-state index >= 15 is 0 Å². The number of hydrogen-bond donors (Lipinski definition) is 0. The maximum atomic E-state index is 13.5. The van der Waals surface area contributed by atoms with Crippen molar-refractivity contribution in [3.05, 3.63) is 58.1 Å². The first kappa shape index (κ1) is 12.5. The van der Waals surface area contributed by atoms with E-state index in [1.54, 1.807) is 18.2 Å². The minimum atomic E-state index is -1.07. The molecule has 90 valence electrons. The van der Waals surface area contributed by atoms with Gasteiger partial charge < -0.3 is 4.74 Å². The van der Waals surface area contributed by atoms with Crippen LogP contribution in [0.3, 0.4) is 0 Å². The Morgan fingerprint density at radius 2 is 1.94 bits per heavy atom. The van der Waals surface area contributed by atoms with Crippen LogP contribution in [-0.4, -0.2) is 0 Å². The van der Waals surface area contributed by atoms with Gasteiger partial charge in [-0.15, -0.1) is 0 Å². The molecule has 0 bridgehead atoms. The molecule has 0 aliphatic heterocycles. The molecule has 0 amide bonds. The summed E-state index contributed by atoms with van der Waals surface area (Å²) in [4.78, 5) is 0. The molecule has 0 N–H and O–H groups in total. The van der Waals surface area contributed by atoms with Crippen LogP contribution in [0.2, 0.25) is 0 Å². The Morgan fingerprint density at radius 1 is 1.17 bits per heavy atom. The highest BCUT2D eigenvalue weighted by molar-refractivity contribution is 9.10. The van der Waals surface area contributed by atoms with E-state index in [-0.39, 0.29) is 11.5 Å². The third-order valence-corrected chi connectivity index (χ3v) is 2.61. The lowest BCUT2D eigenvalue weighted by Crippen LogP contribution is -1.92. The first-order valence-electron chi connectivity index (χ1n) is 4.92. The number of benzene rings is 2. The molecule has 0 radical (unpaired) electrons. The summed E-state index contributed by atoms with van der Waals surface area (Å²) in [7, 11) is 0. The van der Waals surface area contributed by atoms with Crippen molar-refractivity contribution < 1.29 is 13.5 Å². The average molecular weight is 310 g/mol. The number of ether oxygens (including phenoxy) is 1. The van der Waals surface area contributed by atoms with Crippen LogP contribution in [0.1, 0.15) is 5.56 Å². The zero-order valence-corrected chi connectivity index (χ0v) is 10.5. The van der Waals surface area contributed by atoms with E-state index in [0.29, 0.717) is 10.0 Å². The van der Waals surface area contributed by atoms with Crippen molar-refractivity contribution in [2.75, 3.05) is 0 Å². The third-order valence-electron chi connectivity index (χ3n) is 2.15. The molecule has 2 nitrogen and oxygen atoms in total. The fraction of sp³-hybridized carbons (Fsp3) is 0. The molecule has 0 aromatic heterocycles. The standard InChI is InChI=1S/C13H6BrF2NO/c14-9-5-11(15)13(16)12(6-9)18-10-3-1-2-8(4-10)7-17/h1-6H. The minimum Gasteiger partial charge on any atom is -0.454 e. The lowest BCUT2D eigenvalue weighted by Gasteiger charge is -2.08. The van der Waals surface area contributed by atoms with E-state index in [1.165, 1.54) is 12.1 Å². The molecule has 0 aliphatic rings. The highest BCUT2D eigenvalue weighted by Gasteiger charge is 2.12. The van der Waals surface area contributed by atoms with Gasteiger partial charge in [-0.2, -0.15) is 9.65 Å². The minimum absolute atomic E-state index is 0.239. The highest BCUT2D eigenvalue weighted by Crippen LogP contribution is 2.29. The number of nitrogens with zero attached hydrogens (tertiary/aromatic N) is 1. The lowest BCUT2D eigenvalue weighted by atomic mass is 10.2. The van der Waals surface area contributed by atoms with Gasteiger partial charge in [-0.05, 0) is 30.3 Å². The fourth-order valence-electron chi connectivity index (χ4n) is 1.36. The summed E-state index contributed by atoms with van der Waals surface area (Å²) >= 11 is 3.05. The Balaban J connectivity index is 2.37. The van der Waals surface area contributed by atoms with Crippen LogP contribution in [0.4, 0.5) is 8.78 Å². The fourth-order valence-corrected chi connectivity index (χ4v) is 1.77. The molecule has 2 rings (SSSR count). The van der Waals surface area contributed by atoms with Crippen LogP contribution in [0.25, 0.3) is 0 Å². The van der Waals surface area contributed by atoms with Gasteiger partial charge in [0.25, 0.3) is 0 Å². The van der Waals surface area contributed by atoms with Crippen LogP contribution in [0.15, 0.2) is 40.9 Å². The van der Waals surface area contributed by atoms with E-state index in [1.807, 2.05) is 6.07 Å². The van der Waals surface area contributed by atoms with E-state index in [2.05, 4.69) is 15.9 Å². The second-order valence-electron chi connectivity index (χ2n) is 3.44. The van der Waals surface area contributed by atoms with Crippen molar-refractivity contribution >= 4 is 15.9 Å². The summed E-state index contributed by atoms with van der Waals surface area (Å²) in [6, 6.07) is 10.4. The van der Waals surface area contributed by atoms with Crippen molar-refractivity contribution in [2.45, 2.75) is 0 Å². The molecule has 0 aliphatic carbocycles. The molecule has 0 spiro atoms. The van der Waals surface area contributed by atoms with Crippen LogP contribution in [0.5, 0.6) is 11.5 Å². The first-order valence-corrected chi connectivity index (χ1v) is 5.72. The molecular weight excluding hydrogens is 304 g/mol. The normalized spacial score (nSPS) is 9.89. The molecule has 2 aromatic carbocycles. The second-order valence-corrected chi connectivity index (χ2v) is 4.36. The number of nitriles is 1. The van der Waals surface area contributed by atoms with Gasteiger partial charge in [0.2, 0.25) is 5.82 Å². The Morgan fingerprint density at radius 3 is 2.67 bits per heavy atom. The van der Waals surface area contributed by atoms with Crippen LogP contribution in [-0.2, 0) is 0 Å². The first-order chi connectivity index (χ1) is 8.60. The molecule has 5 heteroatoms. The Kier molecular flexibility index (Phi) is 3.58. The van der Waals surface area contributed by atoms with Crippen molar-refractivity contribution in [3.8, 4) is 17.6 Å². The quantitative estimate of drug-likeness (QED) is 0.771. The van der Waals surface area contributed by atoms with Gasteiger partial charge >= 0.3 is 0 Å². The molecule has 0 saturated carbocycles. The van der Waals surface area contributed by atoms with Crippen molar-refractivity contribution in [1.82, 2.24) is 0 Å². The molecule has 0 atom stereocenters. The van der Waals surface area contributed by atoms with Gasteiger partial charge in [0.15, 0.2) is 11.6 Å². The van der Waals surface area contributed by atoms with E-state index < -0.39 is 11.6 Å². The summed E-state index contributed by atoms with van der Waals surface area (Å²) in [5.41, 5.74) is 0.378. The monoisotopic (exact) mass is 309 g/mol. The summed E-state index contributed by atoms with van der Waals surface area (Å²) < 4.78 is 32.2. The SMILES string of the molecule is N#Cc1cccc(Oc2cc(Br)cc(F)c2F)c1. The Hall–Kier alpha value is -1.93. The van der Waals surface area contributed by atoms with Gasteiger partial charge in [0.05, 0.1) is 11.6 Å². The number of halogens is 3. The maximum absolute atomic E-state index is 13.5. The molecule has 0 unspecified atom stereocenters. The topological polar surface area (TPSA) is 33.0 Å². The predicted molar refractivity (Wildman–Crippen MR) is 65.3 cm³/mol. The van der Waals surface area contributed by atoms with Gasteiger partial charge in [0.1, 0.15) is 5.75 Å². The molecule has 0 saturated heterocycles. The maximum Gasteiger partial charge on any atom is 0.201 e. The zero-order valence-electron chi connectivity index (χ0n) is 8.95. The van der Waals surface area contributed by atoms with Gasteiger partial charge in [0, 0.05) is 4.47 Å².